The molecule has 4 nitrogen and oxygen atoms in total. The van der Waals surface area contributed by atoms with E-state index in [0.29, 0.717) is 0 Å². The van der Waals surface area contributed by atoms with E-state index in [9.17, 15) is 4.79 Å². The number of hydrogen-bond donors (Lipinski definition) is 0. The minimum absolute atomic E-state index is 0.257. The zero-order chi connectivity index (χ0) is 17.9. The van der Waals surface area contributed by atoms with Crippen molar-refractivity contribution in [3.8, 4) is 0 Å². The number of hydrogen-bond acceptors (Lipinski definition) is 3. The van der Waals surface area contributed by atoms with E-state index in [-0.39, 0.29) is 5.91 Å². The van der Waals surface area contributed by atoms with E-state index in [4.69, 9.17) is 4.74 Å². The van der Waals surface area contributed by atoms with Gasteiger partial charge in [-0.05, 0) is 50.7 Å². The Hall–Kier alpha value is -1.39. The van der Waals surface area contributed by atoms with Gasteiger partial charge in [-0.2, -0.15) is 0 Å². The van der Waals surface area contributed by atoms with Crippen LogP contribution in [0.1, 0.15) is 37.8 Å². The molecule has 0 spiro atoms. The highest BCUT2D eigenvalue weighted by atomic mass is 16.5. The fourth-order valence-corrected chi connectivity index (χ4v) is 4.21. The van der Waals surface area contributed by atoms with Gasteiger partial charge in [-0.1, -0.05) is 24.3 Å². The summed E-state index contributed by atoms with van der Waals surface area (Å²) in [6, 6.07) is 8.25. The molecule has 4 heteroatoms. The van der Waals surface area contributed by atoms with Gasteiger partial charge in [0.15, 0.2) is 0 Å². The summed E-state index contributed by atoms with van der Waals surface area (Å²) in [5.74, 6) is 1.02. The third-order valence-electron chi connectivity index (χ3n) is 5.87. The minimum atomic E-state index is -0.464. The number of ether oxygens (including phenoxy) is 1. The number of carbonyl (C=O) groups is 1. The molecule has 0 aliphatic carbocycles. The SMILES string of the molecule is Cc1ccccc1C(C)(C)C(=O)N1CCN(CC2CCOCC2)CC1. The first-order chi connectivity index (χ1) is 12.0. The van der Waals surface area contributed by atoms with Crippen LogP contribution in [-0.2, 0) is 14.9 Å². The molecule has 0 bridgehead atoms. The first-order valence-corrected chi connectivity index (χ1v) is 9.64. The number of aryl methyl sites for hydroxylation is 1. The zero-order valence-corrected chi connectivity index (χ0v) is 16.0. The van der Waals surface area contributed by atoms with Crippen molar-refractivity contribution in [3.05, 3.63) is 35.4 Å². The summed E-state index contributed by atoms with van der Waals surface area (Å²) in [7, 11) is 0. The van der Waals surface area contributed by atoms with Crippen molar-refractivity contribution in [1.82, 2.24) is 9.80 Å². The first-order valence-electron chi connectivity index (χ1n) is 9.64. The maximum absolute atomic E-state index is 13.2. The molecule has 2 fully saturated rings. The second-order valence-electron chi connectivity index (χ2n) is 8.09. The normalized spacial score (nSPS) is 20.7. The molecule has 0 N–H and O–H groups in total. The summed E-state index contributed by atoms with van der Waals surface area (Å²) in [4.78, 5) is 17.8. The number of nitrogens with zero attached hydrogens (tertiary/aromatic N) is 2. The smallest absolute Gasteiger partial charge is 0.232 e. The van der Waals surface area contributed by atoms with E-state index in [1.165, 1.54) is 18.4 Å². The van der Waals surface area contributed by atoms with E-state index in [1.54, 1.807) is 0 Å². The first kappa shape index (κ1) is 18.4. The number of amides is 1. The maximum atomic E-state index is 13.2. The standard InChI is InChI=1S/C21H32N2O2/c1-17-6-4-5-7-19(17)21(2,3)20(24)23-12-10-22(11-13-23)16-18-8-14-25-15-9-18/h4-7,18H,8-16H2,1-3H3. The van der Waals surface area contributed by atoms with Crippen LogP contribution in [0.25, 0.3) is 0 Å². The predicted molar refractivity (Wildman–Crippen MR) is 101 cm³/mol. The van der Waals surface area contributed by atoms with Crippen LogP contribution in [0, 0.1) is 12.8 Å². The zero-order valence-electron chi connectivity index (χ0n) is 16.0. The summed E-state index contributed by atoms with van der Waals surface area (Å²) >= 11 is 0. The molecule has 3 rings (SSSR count). The van der Waals surface area contributed by atoms with Crippen LogP contribution in [0.5, 0.6) is 0 Å². The van der Waals surface area contributed by atoms with E-state index in [2.05, 4.69) is 42.7 Å². The van der Waals surface area contributed by atoms with E-state index >= 15 is 0 Å². The molecule has 2 aliphatic heterocycles. The average molecular weight is 344 g/mol. The topological polar surface area (TPSA) is 32.8 Å². The Bertz CT molecular complexity index is 585. The minimum Gasteiger partial charge on any atom is -0.381 e. The van der Waals surface area contributed by atoms with Crippen LogP contribution in [0.15, 0.2) is 24.3 Å². The summed E-state index contributed by atoms with van der Waals surface area (Å²) in [6.45, 7) is 12.9. The lowest BCUT2D eigenvalue weighted by molar-refractivity contribution is -0.138. The van der Waals surface area contributed by atoms with Gasteiger partial charge in [-0.25, -0.2) is 0 Å². The van der Waals surface area contributed by atoms with Crippen LogP contribution in [0.2, 0.25) is 0 Å². The van der Waals surface area contributed by atoms with E-state index in [0.717, 1.165) is 57.4 Å². The molecular formula is C21H32N2O2. The lowest BCUT2D eigenvalue weighted by Crippen LogP contribution is -2.54. The largest absolute Gasteiger partial charge is 0.381 e. The van der Waals surface area contributed by atoms with Crippen molar-refractivity contribution in [3.63, 3.8) is 0 Å². The highest BCUT2D eigenvalue weighted by Gasteiger charge is 2.36. The van der Waals surface area contributed by atoms with E-state index < -0.39 is 5.41 Å². The van der Waals surface area contributed by atoms with Crippen molar-refractivity contribution in [1.29, 1.82) is 0 Å². The van der Waals surface area contributed by atoms with Gasteiger partial charge in [0.25, 0.3) is 0 Å². The molecule has 0 radical (unpaired) electrons. The fourth-order valence-electron chi connectivity index (χ4n) is 4.21. The van der Waals surface area contributed by atoms with Gasteiger partial charge in [-0.3, -0.25) is 9.69 Å². The third kappa shape index (κ3) is 4.24. The molecule has 0 saturated carbocycles. The second kappa shape index (κ2) is 7.88. The van der Waals surface area contributed by atoms with Crippen molar-refractivity contribution in [2.24, 2.45) is 5.92 Å². The Morgan fingerprint density at radius 3 is 2.40 bits per heavy atom. The lowest BCUT2D eigenvalue weighted by atomic mass is 9.80. The molecular weight excluding hydrogens is 312 g/mol. The van der Waals surface area contributed by atoms with Crippen LogP contribution in [0.4, 0.5) is 0 Å². The fraction of sp³-hybridized carbons (Fsp3) is 0.667. The second-order valence-corrected chi connectivity index (χ2v) is 8.09. The van der Waals surface area contributed by atoms with Crippen molar-refractivity contribution in [2.45, 2.75) is 39.0 Å². The van der Waals surface area contributed by atoms with Gasteiger partial charge in [-0.15, -0.1) is 0 Å². The highest BCUT2D eigenvalue weighted by molar-refractivity contribution is 5.87. The lowest BCUT2D eigenvalue weighted by Gasteiger charge is -2.40. The molecule has 138 valence electrons. The Morgan fingerprint density at radius 1 is 1.12 bits per heavy atom. The Labute approximate surface area is 152 Å². The summed E-state index contributed by atoms with van der Waals surface area (Å²) < 4.78 is 5.46. The van der Waals surface area contributed by atoms with Crippen LogP contribution < -0.4 is 0 Å². The van der Waals surface area contributed by atoms with Crippen LogP contribution >= 0.6 is 0 Å². The molecule has 1 amide bonds. The predicted octanol–water partition coefficient (Wildman–Crippen LogP) is 2.84. The molecule has 2 heterocycles. The molecule has 2 saturated heterocycles. The monoisotopic (exact) mass is 344 g/mol. The van der Waals surface area contributed by atoms with Crippen LogP contribution in [-0.4, -0.2) is 61.6 Å². The highest BCUT2D eigenvalue weighted by Crippen LogP contribution is 2.29. The summed E-state index contributed by atoms with van der Waals surface area (Å²) in [5, 5.41) is 0. The molecule has 0 atom stereocenters. The Kier molecular flexibility index (Phi) is 5.80. The number of piperazine rings is 1. The van der Waals surface area contributed by atoms with Gasteiger partial charge in [0.05, 0.1) is 5.41 Å². The molecule has 2 aliphatic rings. The number of benzene rings is 1. The van der Waals surface area contributed by atoms with Crippen LogP contribution in [0.3, 0.4) is 0 Å². The average Bonchev–Trinajstić information content (AvgIpc) is 2.63. The number of carbonyl (C=O) groups excluding carboxylic acids is 1. The molecule has 0 aromatic heterocycles. The van der Waals surface area contributed by atoms with E-state index in [1.807, 2.05) is 12.1 Å². The van der Waals surface area contributed by atoms with Gasteiger partial charge in [0, 0.05) is 45.9 Å². The van der Waals surface area contributed by atoms with Crippen molar-refractivity contribution < 1.29 is 9.53 Å². The molecule has 0 unspecified atom stereocenters. The van der Waals surface area contributed by atoms with Crippen molar-refractivity contribution >= 4 is 5.91 Å². The maximum Gasteiger partial charge on any atom is 0.232 e. The van der Waals surface area contributed by atoms with Gasteiger partial charge >= 0.3 is 0 Å². The van der Waals surface area contributed by atoms with Gasteiger partial charge < -0.3 is 9.64 Å². The molecule has 25 heavy (non-hydrogen) atoms. The van der Waals surface area contributed by atoms with Crippen molar-refractivity contribution in [2.75, 3.05) is 45.9 Å². The van der Waals surface area contributed by atoms with Gasteiger partial charge in [0.2, 0.25) is 5.91 Å². The summed E-state index contributed by atoms with van der Waals surface area (Å²) in [5.41, 5.74) is 1.87. The van der Waals surface area contributed by atoms with Gasteiger partial charge in [0.1, 0.15) is 0 Å². The third-order valence-corrected chi connectivity index (χ3v) is 5.87. The Balaban J connectivity index is 1.56. The quantitative estimate of drug-likeness (QED) is 0.842. The summed E-state index contributed by atoms with van der Waals surface area (Å²) in [6.07, 6.45) is 2.36. The molecule has 1 aromatic rings. The number of rotatable bonds is 4. The molecule has 1 aromatic carbocycles. The Morgan fingerprint density at radius 2 is 1.76 bits per heavy atom.